The van der Waals surface area contributed by atoms with Crippen LogP contribution in [0.2, 0.25) is 10.0 Å². The minimum atomic E-state index is -3.93. The summed E-state index contributed by atoms with van der Waals surface area (Å²) in [7, 11) is -2.51. The molecule has 220 valence electrons. The lowest BCUT2D eigenvalue weighted by atomic mass is 10.0. The molecule has 0 unspecified atom stereocenters. The van der Waals surface area contributed by atoms with Crippen molar-refractivity contribution in [3.63, 3.8) is 0 Å². The highest BCUT2D eigenvalue weighted by molar-refractivity contribution is 7.92. The zero-order valence-corrected chi connectivity index (χ0v) is 26.1. The molecule has 0 aliphatic heterocycles. The molecule has 1 N–H and O–H groups in total. The number of hydrogen-bond acceptors (Lipinski definition) is 5. The summed E-state index contributed by atoms with van der Waals surface area (Å²) in [6.07, 6.45) is 1.22. The molecule has 0 saturated carbocycles. The Labute approximate surface area is 252 Å². The summed E-state index contributed by atoms with van der Waals surface area (Å²) < 4.78 is 32.3. The number of nitrogens with one attached hydrogen (secondary N) is 1. The molecule has 0 bridgehead atoms. The van der Waals surface area contributed by atoms with Gasteiger partial charge in [-0.3, -0.25) is 13.9 Å². The molecular weight excluding hydrogens is 585 g/mol. The van der Waals surface area contributed by atoms with Gasteiger partial charge in [0, 0.05) is 18.5 Å². The van der Waals surface area contributed by atoms with E-state index in [0.29, 0.717) is 15.6 Å². The first kappa shape index (κ1) is 32.2. The summed E-state index contributed by atoms with van der Waals surface area (Å²) in [6.45, 7) is 4.97. The lowest BCUT2D eigenvalue weighted by Gasteiger charge is -2.35. The summed E-state index contributed by atoms with van der Waals surface area (Å²) in [5, 5.41) is 3.62. The van der Waals surface area contributed by atoms with Crippen molar-refractivity contribution < 1.29 is 22.7 Å². The largest absolute Gasteiger partial charge is 0.495 e. The van der Waals surface area contributed by atoms with Crippen LogP contribution in [0.1, 0.15) is 31.9 Å². The number of ether oxygens (including phenoxy) is 1. The zero-order chi connectivity index (χ0) is 30.4. The molecule has 0 fully saturated rings. The molecule has 0 saturated heterocycles. The molecule has 11 heteroatoms. The van der Waals surface area contributed by atoms with E-state index in [4.69, 9.17) is 27.9 Å². The summed E-state index contributed by atoms with van der Waals surface area (Å²) in [6, 6.07) is 19.8. The molecule has 0 aliphatic carbocycles. The van der Waals surface area contributed by atoms with Crippen molar-refractivity contribution >= 4 is 50.7 Å². The topological polar surface area (TPSA) is 96.0 Å². The van der Waals surface area contributed by atoms with Gasteiger partial charge in [0.2, 0.25) is 21.8 Å². The molecule has 41 heavy (non-hydrogen) atoms. The fourth-order valence-corrected chi connectivity index (χ4v) is 5.45. The van der Waals surface area contributed by atoms with Gasteiger partial charge >= 0.3 is 0 Å². The Hall–Kier alpha value is -3.27. The van der Waals surface area contributed by atoms with Crippen LogP contribution in [0, 0.1) is 0 Å². The summed E-state index contributed by atoms with van der Waals surface area (Å²) >= 11 is 12.4. The van der Waals surface area contributed by atoms with Gasteiger partial charge in [-0.1, -0.05) is 71.7 Å². The van der Waals surface area contributed by atoms with Crippen LogP contribution < -0.4 is 14.4 Å². The highest BCUT2D eigenvalue weighted by atomic mass is 35.5. The number of para-hydroxylation sites is 2. The minimum absolute atomic E-state index is 0.0195. The number of halogens is 2. The Kier molecular flexibility index (Phi) is 10.7. The van der Waals surface area contributed by atoms with Gasteiger partial charge in [-0.05, 0) is 56.2 Å². The van der Waals surface area contributed by atoms with Crippen molar-refractivity contribution in [1.82, 2.24) is 10.2 Å². The second-order valence-corrected chi connectivity index (χ2v) is 13.4. The maximum absolute atomic E-state index is 14.2. The highest BCUT2D eigenvalue weighted by Gasteiger charge is 2.35. The number of carbonyl (C=O) groups is 2. The lowest BCUT2D eigenvalue weighted by molar-refractivity contribution is -0.140. The molecule has 0 spiro atoms. The van der Waals surface area contributed by atoms with Gasteiger partial charge in [0.1, 0.15) is 18.3 Å². The molecular formula is C30H35Cl2N3O5S. The third-order valence-electron chi connectivity index (χ3n) is 6.14. The first-order valence-corrected chi connectivity index (χ1v) is 15.5. The number of sulfonamides is 1. The van der Waals surface area contributed by atoms with Crippen molar-refractivity contribution in [3.05, 3.63) is 94.0 Å². The Balaban J connectivity index is 2.12. The van der Waals surface area contributed by atoms with E-state index >= 15 is 0 Å². The second kappa shape index (κ2) is 13.6. The number of anilines is 1. The molecule has 0 aromatic heterocycles. The van der Waals surface area contributed by atoms with Crippen molar-refractivity contribution in [2.24, 2.45) is 0 Å². The first-order chi connectivity index (χ1) is 19.2. The summed E-state index contributed by atoms with van der Waals surface area (Å²) in [5.74, 6) is -0.677. The number of nitrogens with zero attached hydrogens (tertiary/aromatic N) is 2. The van der Waals surface area contributed by atoms with E-state index in [1.165, 1.54) is 12.0 Å². The molecule has 2 amide bonds. The van der Waals surface area contributed by atoms with Gasteiger partial charge < -0.3 is 15.0 Å². The quantitative estimate of drug-likeness (QED) is 0.313. The van der Waals surface area contributed by atoms with Crippen LogP contribution in [0.4, 0.5) is 5.69 Å². The molecule has 0 heterocycles. The lowest BCUT2D eigenvalue weighted by Crippen LogP contribution is -2.56. The number of carbonyl (C=O) groups excluding carboxylic acids is 2. The van der Waals surface area contributed by atoms with Gasteiger partial charge in [-0.15, -0.1) is 0 Å². The summed E-state index contributed by atoms with van der Waals surface area (Å²) in [4.78, 5) is 29.3. The van der Waals surface area contributed by atoms with E-state index in [-0.39, 0.29) is 30.3 Å². The van der Waals surface area contributed by atoms with Gasteiger partial charge in [-0.25, -0.2) is 8.42 Å². The van der Waals surface area contributed by atoms with E-state index in [1.807, 2.05) is 51.1 Å². The van der Waals surface area contributed by atoms with Crippen LogP contribution in [0.5, 0.6) is 5.75 Å². The Bertz CT molecular complexity index is 1480. The molecule has 3 aromatic carbocycles. The van der Waals surface area contributed by atoms with Gasteiger partial charge in [0.25, 0.3) is 0 Å². The van der Waals surface area contributed by atoms with Crippen molar-refractivity contribution in [2.45, 2.75) is 45.3 Å². The fourth-order valence-electron chi connectivity index (χ4n) is 4.27. The van der Waals surface area contributed by atoms with Gasteiger partial charge in [0.15, 0.2) is 0 Å². The van der Waals surface area contributed by atoms with Crippen LogP contribution in [-0.2, 0) is 32.6 Å². The maximum atomic E-state index is 14.2. The van der Waals surface area contributed by atoms with Gasteiger partial charge in [-0.2, -0.15) is 0 Å². The number of methoxy groups -OCH3 is 1. The van der Waals surface area contributed by atoms with Crippen molar-refractivity contribution in [3.8, 4) is 5.75 Å². The first-order valence-electron chi connectivity index (χ1n) is 12.9. The summed E-state index contributed by atoms with van der Waals surface area (Å²) in [5.41, 5.74) is 1.08. The second-order valence-electron chi connectivity index (χ2n) is 10.7. The SMILES string of the molecule is COc1ccccc1N(CC(=O)N(Cc1ccc(Cl)c(Cl)c1)[C@@H](Cc1ccccc1)C(=O)NC(C)(C)C)S(C)(=O)=O. The highest BCUT2D eigenvalue weighted by Crippen LogP contribution is 2.30. The van der Waals surface area contributed by atoms with E-state index < -0.39 is 34.1 Å². The third kappa shape index (κ3) is 9.11. The van der Waals surface area contributed by atoms with E-state index in [0.717, 1.165) is 16.1 Å². The average molecular weight is 621 g/mol. The van der Waals surface area contributed by atoms with E-state index in [2.05, 4.69) is 5.32 Å². The molecule has 0 radical (unpaired) electrons. The van der Waals surface area contributed by atoms with Crippen LogP contribution in [0.3, 0.4) is 0 Å². The molecule has 0 aliphatic rings. The van der Waals surface area contributed by atoms with E-state index in [9.17, 15) is 18.0 Å². The molecule has 3 rings (SSSR count). The molecule has 1 atom stereocenters. The zero-order valence-electron chi connectivity index (χ0n) is 23.7. The Morgan fingerprint density at radius 3 is 2.15 bits per heavy atom. The van der Waals surface area contributed by atoms with Crippen LogP contribution in [-0.4, -0.2) is 56.6 Å². The van der Waals surface area contributed by atoms with Crippen molar-refractivity contribution in [2.75, 3.05) is 24.2 Å². The predicted octanol–water partition coefficient (Wildman–Crippen LogP) is 5.32. The number of benzene rings is 3. The van der Waals surface area contributed by atoms with Crippen LogP contribution in [0.15, 0.2) is 72.8 Å². The Morgan fingerprint density at radius 1 is 0.927 bits per heavy atom. The standard InChI is InChI=1S/C30H35Cl2N3O5S/c1-30(2,3)33-29(37)26(18-21-11-7-6-8-12-21)34(19-22-15-16-23(31)24(32)17-22)28(36)20-35(41(5,38)39)25-13-9-10-14-27(25)40-4/h6-17,26H,18-20H2,1-5H3,(H,33,37)/t26-/m0/s1. The van der Waals surface area contributed by atoms with Crippen LogP contribution in [0.25, 0.3) is 0 Å². The number of rotatable bonds is 11. The third-order valence-corrected chi connectivity index (χ3v) is 8.00. The number of hydrogen-bond donors (Lipinski definition) is 1. The fraction of sp³-hybridized carbons (Fsp3) is 0.333. The molecule has 3 aromatic rings. The number of amides is 2. The smallest absolute Gasteiger partial charge is 0.244 e. The van der Waals surface area contributed by atoms with Gasteiger partial charge in [0.05, 0.1) is 29.1 Å². The monoisotopic (exact) mass is 619 g/mol. The van der Waals surface area contributed by atoms with E-state index in [1.54, 1.807) is 42.5 Å². The minimum Gasteiger partial charge on any atom is -0.495 e. The Morgan fingerprint density at radius 2 is 1.56 bits per heavy atom. The average Bonchev–Trinajstić information content (AvgIpc) is 2.90. The van der Waals surface area contributed by atoms with Crippen molar-refractivity contribution in [1.29, 1.82) is 0 Å². The molecule has 8 nitrogen and oxygen atoms in total. The maximum Gasteiger partial charge on any atom is 0.244 e. The predicted molar refractivity (Wildman–Crippen MR) is 164 cm³/mol. The normalized spacial score (nSPS) is 12.4. The van der Waals surface area contributed by atoms with Crippen LogP contribution >= 0.6 is 23.2 Å².